The molecule has 0 saturated carbocycles. The van der Waals surface area contributed by atoms with Gasteiger partial charge in [-0.05, 0) is 55.7 Å². The second kappa shape index (κ2) is 13.7. The quantitative estimate of drug-likeness (QED) is 0.437. The largest absolute Gasteiger partial charge is 0.490 e. The summed E-state index contributed by atoms with van der Waals surface area (Å²) in [6, 6.07) is 10.7. The second-order valence-electron chi connectivity index (χ2n) is 9.23. The Bertz CT molecular complexity index is 1260. The molecule has 2 aromatic carbocycles. The molecule has 0 aliphatic carbocycles. The van der Waals surface area contributed by atoms with Gasteiger partial charge in [-0.25, -0.2) is 13.2 Å². The first kappa shape index (κ1) is 31.9. The number of piperazine rings is 1. The smallest absolute Gasteiger partial charge is 0.475 e. The first-order chi connectivity index (χ1) is 18.2. The van der Waals surface area contributed by atoms with Crippen LogP contribution >= 0.6 is 0 Å². The zero-order valence-corrected chi connectivity index (χ0v) is 23.2. The van der Waals surface area contributed by atoms with Gasteiger partial charge in [0, 0.05) is 45.3 Å². The molecule has 0 unspecified atom stereocenters. The van der Waals surface area contributed by atoms with Crippen molar-refractivity contribution in [2.24, 2.45) is 0 Å². The van der Waals surface area contributed by atoms with E-state index in [-0.39, 0.29) is 10.8 Å². The van der Waals surface area contributed by atoms with E-state index in [0.717, 1.165) is 50.3 Å². The number of carbonyl (C=O) groups is 2. The van der Waals surface area contributed by atoms with Crippen LogP contribution in [0.25, 0.3) is 0 Å². The van der Waals surface area contributed by atoms with E-state index in [2.05, 4.69) is 21.9 Å². The van der Waals surface area contributed by atoms with Gasteiger partial charge in [0.05, 0.1) is 16.3 Å². The third-order valence-electron chi connectivity index (χ3n) is 6.01. The summed E-state index contributed by atoms with van der Waals surface area (Å²) >= 11 is 0. The Labute approximate surface area is 227 Å². The van der Waals surface area contributed by atoms with Crippen LogP contribution in [0.2, 0.25) is 0 Å². The molecular formula is C26H35F3N4O5S. The minimum atomic E-state index is -5.08. The molecule has 1 heterocycles. The van der Waals surface area contributed by atoms with E-state index in [0.29, 0.717) is 23.4 Å². The van der Waals surface area contributed by atoms with E-state index < -0.39 is 22.2 Å². The van der Waals surface area contributed by atoms with Crippen LogP contribution in [0.15, 0.2) is 41.3 Å². The SMILES string of the molecule is CCCCN(C)C(=O)c1ccc(N2CCNCC2)c(NS(=O)(=O)c2cc(C)ccc2C)c1.O=C(O)C(F)(F)F. The van der Waals surface area contributed by atoms with Crippen molar-refractivity contribution in [1.82, 2.24) is 10.2 Å². The molecule has 0 spiro atoms. The summed E-state index contributed by atoms with van der Waals surface area (Å²) in [7, 11) is -2.04. The summed E-state index contributed by atoms with van der Waals surface area (Å²) in [5, 5.41) is 10.4. The number of carboxylic acids is 1. The minimum Gasteiger partial charge on any atom is -0.475 e. The van der Waals surface area contributed by atoms with E-state index in [9.17, 15) is 26.4 Å². The van der Waals surface area contributed by atoms with Crippen LogP contribution in [-0.2, 0) is 14.8 Å². The van der Waals surface area contributed by atoms with E-state index in [1.165, 1.54) is 0 Å². The zero-order chi connectivity index (χ0) is 29.4. The molecule has 0 radical (unpaired) electrons. The first-order valence-corrected chi connectivity index (χ1v) is 13.9. The van der Waals surface area contributed by atoms with Crippen LogP contribution in [0.4, 0.5) is 24.5 Å². The highest BCUT2D eigenvalue weighted by molar-refractivity contribution is 7.92. The standard InChI is InChI=1S/C24H34N4O3S.C2HF3O2/c1-5-6-13-27(4)24(29)20-9-10-22(28-14-11-25-12-15-28)21(17-20)26-32(30,31)23-16-18(2)7-8-19(23)3;3-2(4,5)1(6)7/h7-10,16-17,25-26H,5-6,11-15H2,1-4H3;(H,6,7). The van der Waals surface area contributed by atoms with Gasteiger partial charge in [-0.2, -0.15) is 13.2 Å². The van der Waals surface area contributed by atoms with Crippen LogP contribution in [0.5, 0.6) is 0 Å². The fraction of sp³-hybridized carbons (Fsp3) is 0.462. The summed E-state index contributed by atoms with van der Waals surface area (Å²) in [4.78, 5) is 25.9. The van der Waals surface area contributed by atoms with Crippen LogP contribution in [0.3, 0.4) is 0 Å². The van der Waals surface area contributed by atoms with Gasteiger partial charge in [-0.15, -0.1) is 0 Å². The number of nitrogens with one attached hydrogen (secondary N) is 2. The summed E-state index contributed by atoms with van der Waals surface area (Å²) in [5.74, 6) is -2.87. The van der Waals surface area contributed by atoms with E-state index in [1.807, 2.05) is 25.1 Å². The van der Waals surface area contributed by atoms with Crippen molar-refractivity contribution in [2.45, 2.75) is 44.7 Å². The number of carbonyl (C=O) groups excluding carboxylic acids is 1. The molecule has 1 amide bonds. The van der Waals surface area contributed by atoms with Crippen LogP contribution in [0, 0.1) is 13.8 Å². The molecule has 0 aromatic heterocycles. The van der Waals surface area contributed by atoms with Gasteiger partial charge in [-0.1, -0.05) is 25.5 Å². The number of rotatable bonds is 8. The predicted molar refractivity (Wildman–Crippen MR) is 144 cm³/mol. The monoisotopic (exact) mass is 572 g/mol. The molecule has 2 aromatic rings. The van der Waals surface area contributed by atoms with Crippen molar-refractivity contribution in [2.75, 3.05) is 49.4 Å². The number of hydrogen-bond acceptors (Lipinski definition) is 6. The number of halogens is 3. The molecule has 0 atom stereocenters. The van der Waals surface area contributed by atoms with Crippen molar-refractivity contribution in [3.05, 3.63) is 53.1 Å². The highest BCUT2D eigenvalue weighted by Gasteiger charge is 2.38. The fourth-order valence-corrected chi connectivity index (χ4v) is 5.24. The highest BCUT2D eigenvalue weighted by atomic mass is 32.2. The number of alkyl halides is 3. The van der Waals surface area contributed by atoms with Gasteiger partial charge in [-0.3, -0.25) is 9.52 Å². The molecule has 3 rings (SSSR count). The summed E-state index contributed by atoms with van der Waals surface area (Å²) < 4.78 is 61.2. The molecule has 216 valence electrons. The molecular weight excluding hydrogens is 537 g/mol. The molecule has 1 aliphatic heterocycles. The van der Waals surface area contributed by atoms with Gasteiger partial charge in [0.15, 0.2) is 0 Å². The van der Waals surface area contributed by atoms with E-state index in [4.69, 9.17) is 9.90 Å². The Morgan fingerprint density at radius 2 is 1.72 bits per heavy atom. The number of unbranched alkanes of at least 4 members (excludes halogenated alkanes) is 1. The minimum absolute atomic E-state index is 0.113. The van der Waals surface area contributed by atoms with Gasteiger partial charge in [0.1, 0.15) is 0 Å². The highest BCUT2D eigenvalue weighted by Crippen LogP contribution is 2.31. The van der Waals surface area contributed by atoms with Crippen molar-refractivity contribution >= 4 is 33.3 Å². The fourth-order valence-electron chi connectivity index (χ4n) is 3.85. The lowest BCUT2D eigenvalue weighted by atomic mass is 10.1. The average molecular weight is 573 g/mol. The van der Waals surface area contributed by atoms with Crippen molar-refractivity contribution < 1.29 is 36.3 Å². The topological polar surface area (TPSA) is 119 Å². The molecule has 13 heteroatoms. The molecule has 1 aliphatic rings. The normalized spacial score (nSPS) is 13.8. The third-order valence-corrected chi connectivity index (χ3v) is 7.52. The molecule has 1 fully saturated rings. The van der Waals surface area contributed by atoms with Gasteiger partial charge in [0.2, 0.25) is 0 Å². The summed E-state index contributed by atoms with van der Waals surface area (Å²) in [5.41, 5.74) is 3.25. The molecule has 3 N–H and O–H groups in total. The van der Waals surface area contributed by atoms with Crippen molar-refractivity contribution in [3.63, 3.8) is 0 Å². The molecule has 1 saturated heterocycles. The number of benzene rings is 2. The summed E-state index contributed by atoms with van der Waals surface area (Å²) in [6.07, 6.45) is -3.16. The maximum atomic E-state index is 13.3. The Morgan fingerprint density at radius 1 is 1.10 bits per heavy atom. The molecule has 39 heavy (non-hydrogen) atoms. The maximum absolute atomic E-state index is 13.3. The average Bonchev–Trinajstić information content (AvgIpc) is 2.88. The number of hydrogen-bond donors (Lipinski definition) is 3. The van der Waals surface area contributed by atoms with Gasteiger partial charge >= 0.3 is 12.1 Å². The van der Waals surface area contributed by atoms with Crippen LogP contribution in [0.1, 0.15) is 41.3 Å². The number of sulfonamides is 1. The number of aryl methyl sites for hydroxylation is 2. The zero-order valence-electron chi connectivity index (χ0n) is 22.4. The van der Waals surface area contributed by atoms with E-state index >= 15 is 0 Å². The van der Waals surface area contributed by atoms with Crippen molar-refractivity contribution in [3.8, 4) is 0 Å². The first-order valence-electron chi connectivity index (χ1n) is 12.4. The Hall–Kier alpha value is -3.32. The molecule has 9 nitrogen and oxygen atoms in total. The lowest BCUT2D eigenvalue weighted by Gasteiger charge is -2.31. The Morgan fingerprint density at radius 3 is 2.28 bits per heavy atom. The van der Waals surface area contributed by atoms with Crippen LogP contribution < -0.4 is 14.9 Å². The predicted octanol–water partition coefficient (Wildman–Crippen LogP) is 4.02. The lowest BCUT2D eigenvalue weighted by Crippen LogP contribution is -2.43. The van der Waals surface area contributed by atoms with Gasteiger partial charge in [0.25, 0.3) is 15.9 Å². The number of carboxylic acid groups (broad SMARTS) is 1. The number of amides is 1. The third kappa shape index (κ3) is 9.13. The number of nitrogens with zero attached hydrogens (tertiary/aromatic N) is 2. The molecule has 0 bridgehead atoms. The lowest BCUT2D eigenvalue weighted by molar-refractivity contribution is -0.192. The van der Waals surface area contributed by atoms with E-state index in [1.54, 1.807) is 37.1 Å². The summed E-state index contributed by atoms with van der Waals surface area (Å²) in [6.45, 7) is 9.58. The second-order valence-corrected chi connectivity index (χ2v) is 10.9. The number of aliphatic carboxylic acids is 1. The number of anilines is 2. The van der Waals surface area contributed by atoms with Crippen LogP contribution in [-0.4, -0.2) is 76.2 Å². The Kier molecular flexibility index (Phi) is 11.2. The van der Waals surface area contributed by atoms with Crippen molar-refractivity contribution in [1.29, 1.82) is 0 Å². The van der Waals surface area contributed by atoms with Gasteiger partial charge < -0.3 is 20.2 Å². The maximum Gasteiger partial charge on any atom is 0.490 e. The Balaban J connectivity index is 0.000000673.